The van der Waals surface area contributed by atoms with Crippen LogP contribution in [0.25, 0.3) is 10.9 Å². The van der Waals surface area contributed by atoms with Crippen LogP contribution in [0.4, 0.5) is 0 Å². The number of hydrogen-bond acceptors (Lipinski definition) is 2. The Bertz CT molecular complexity index is 643. The average molecular weight is 251 g/mol. The van der Waals surface area contributed by atoms with E-state index in [1.807, 2.05) is 30.3 Å². The normalized spacial score (nSPS) is 15.9. The van der Waals surface area contributed by atoms with Crippen LogP contribution in [0.5, 0.6) is 0 Å². The largest absolute Gasteiger partial charge is 0.289 e. The molecule has 19 heavy (non-hydrogen) atoms. The number of aromatic nitrogens is 1. The SMILES string of the molecule is O=C(C1=CCCCCC1)c1ccc2cccnc2c1. The zero-order valence-electron chi connectivity index (χ0n) is 10.9. The molecule has 1 aromatic heterocycles. The molecule has 1 heterocycles. The summed E-state index contributed by atoms with van der Waals surface area (Å²) in [7, 11) is 0. The van der Waals surface area contributed by atoms with Crippen molar-refractivity contribution in [3.05, 3.63) is 53.7 Å². The van der Waals surface area contributed by atoms with E-state index in [1.54, 1.807) is 6.20 Å². The molecule has 0 spiro atoms. The van der Waals surface area contributed by atoms with Gasteiger partial charge in [-0.25, -0.2) is 0 Å². The van der Waals surface area contributed by atoms with Crippen molar-refractivity contribution in [1.82, 2.24) is 4.98 Å². The van der Waals surface area contributed by atoms with E-state index in [9.17, 15) is 4.79 Å². The molecule has 2 heteroatoms. The van der Waals surface area contributed by atoms with Crippen LogP contribution in [-0.2, 0) is 0 Å². The number of allylic oxidation sites excluding steroid dienone is 2. The molecule has 96 valence electrons. The van der Waals surface area contributed by atoms with Crippen LogP contribution in [0.15, 0.2) is 48.2 Å². The number of carbonyl (C=O) groups is 1. The predicted octanol–water partition coefficient (Wildman–Crippen LogP) is 4.31. The van der Waals surface area contributed by atoms with Crippen LogP contribution in [0.3, 0.4) is 0 Å². The number of pyridine rings is 1. The first-order valence-electron chi connectivity index (χ1n) is 6.93. The molecule has 0 atom stereocenters. The summed E-state index contributed by atoms with van der Waals surface area (Å²) in [5, 5.41) is 1.08. The fourth-order valence-electron chi connectivity index (χ4n) is 2.61. The fraction of sp³-hybridized carbons (Fsp3) is 0.294. The summed E-state index contributed by atoms with van der Waals surface area (Å²) in [5.74, 6) is 0.175. The number of hydrogen-bond donors (Lipinski definition) is 0. The maximum absolute atomic E-state index is 12.5. The van der Waals surface area contributed by atoms with Crippen LogP contribution in [0.1, 0.15) is 42.5 Å². The van der Waals surface area contributed by atoms with Gasteiger partial charge in [0, 0.05) is 17.1 Å². The summed E-state index contributed by atoms with van der Waals surface area (Å²) in [6, 6.07) is 9.73. The van der Waals surface area contributed by atoms with E-state index >= 15 is 0 Å². The van der Waals surface area contributed by atoms with Crippen molar-refractivity contribution in [3.8, 4) is 0 Å². The number of fused-ring (bicyclic) bond motifs is 1. The number of rotatable bonds is 2. The summed E-state index contributed by atoms with van der Waals surface area (Å²) >= 11 is 0. The first-order chi connectivity index (χ1) is 9.34. The van der Waals surface area contributed by atoms with E-state index in [4.69, 9.17) is 0 Å². The monoisotopic (exact) mass is 251 g/mol. The first-order valence-corrected chi connectivity index (χ1v) is 6.93. The summed E-state index contributed by atoms with van der Waals surface area (Å²) in [5.41, 5.74) is 2.63. The van der Waals surface area contributed by atoms with Gasteiger partial charge >= 0.3 is 0 Å². The minimum Gasteiger partial charge on any atom is -0.289 e. The molecule has 0 bridgehead atoms. The summed E-state index contributed by atoms with van der Waals surface area (Å²) in [4.78, 5) is 16.8. The molecule has 2 nitrogen and oxygen atoms in total. The highest BCUT2D eigenvalue weighted by Gasteiger charge is 2.14. The number of ketones is 1. The van der Waals surface area contributed by atoms with Gasteiger partial charge in [0.25, 0.3) is 0 Å². The fourth-order valence-corrected chi connectivity index (χ4v) is 2.61. The van der Waals surface area contributed by atoms with Crippen molar-refractivity contribution in [2.24, 2.45) is 0 Å². The highest BCUT2D eigenvalue weighted by Crippen LogP contribution is 2.22. The van der Waals surface area contributed by atoms with Gasteiger partial charge in [-0.2, -0.15) is 0 Å². The lowest BCUT2D eigenvalue weighted by Gasteiger charge is -2.05. The minimum absolute atomic E-state index is 0.175. The van der Waals surface area contributed by atoms with E-state index in [-0.39, 0.29) is 5.78 Å². The second-order valence-electron chi connectivity index (χ2n) is 5.07. The molecule has 0 saturated carbocycles. The molecule has 0 unspecified atom stereocenters. The van der Waals surface area contributed by atoms with Gasteiger partial charge in [0.15, 0.2) is 5.78 Å². The Morgan fingerprint density at radius 1 is 1.11 bits per heavy atom. The third-order valence-corrected chi connectivity index (χ3v) is 3.70. The Labute approximate surface area is 113 Å². The topological polar surface area (TPSA) is 30.0 Å². The molecular formula is C17H17NO. The maximum atomic E-state index is 12.5. The van der Waals surface area contributed by atoms with Gasteiger partial charge in [0.1, 0.15) is 0 Å². The Balaban J connectivity index is 1.94. The summed E-state index contributed by atoms with van der Waals surface area (Å²) in [6.07, 6.45) is 9.40. The van der Waals surface area contributed by atoms with E-state index in [2.05, 4.69) is 11.1 Å². The Morgan fingerprint density at radius 2 is 2.05 bits per heavy atom. The predicted molar refractivity (Wildman–Crippen MR) is 77.2 cm³/mol. The molecule has 0 radical (unpaired) electrons. The van der Waals surface area contributed by atoms with Crippen LogP contribution < -0.4 is 0 Å². The molecule has 0 N–H and O–H groups in total. The van der Waals surface area contributed by atoms with E-state index in [0.29, 0.717) is 0 Å². The van der Waals surface area contributed by atoms with Gasteiger partial charge < -0.3 is 0 Å². The van der Waals surface area contributed by atoms with Crippen molar-refractivity contribution >= 4 is 16.7 Å². The number of benzene rings is 1. The molecule has 3 rings (SSSR count). The number of carbonyl (C=O) groups excluding carboxylic acids is 1. The van der Waals surface area contributed by atoms with E-state index in [1.165, 1.54) is 12.8 Å². The number of Topliss-reactive ketones (excluding diaryl/α,β-unsaturated/α-hetero) is 1. The van der Waals surface area contributed by atoms with Crippen molar-refractivity contribution in [1.29, 1.82) is 0 Å². The summed E-state index contributed by atoms with van der Waals surface area (Å²) in [6.45, 7) is 0. The van der Waals surface area contributed by atoms with Crippen LogP contribution >= 0.6 is 0 Å². The average Bonchev–Trinajstić information content (AvgIpc) is 2.75. The second kappa shape index (κ2) is 5.35. The quantitative estimate of drug-likeness (QED) is 0.744. The molecule has 0 fully saturated rings. The smallest absolute Gasteiger partial charge is 0.188 e. The third-order valence-electron chi connectivity index (χ3n) is 3.70. The second-order valence-corrected chi connectivity index (χ2v) is 5.07. The van der Waals surface area contributed by atoms with Crippen LogP contribution in [-0.4, -0.2) is 10.8 Å². The van der Waals surface area contributed by atoms with Gasteiger partial charge in [-0.15, -0.1) is 0 Å². The standard InChI is InChI=1S/C17H17NO/c19-17(14-6-3-1-2-4-7-14)15-10-9-13-8-5-11-18-16(13)12-15/h5-6,8-12H,1-4,7H2. The van der Waals surface area contributed by atoms with Crippen molar-refractivity contribution in [3.63, 3.8) is 0 Å². The summed E-state index contributed by atoms with van der Waals surface area (Å²) < 4.78 is 0. The van der Waals surface area contributed by atoms with Crippen molar-refractivity contribution in [2.45, 2.75) is 32.1 Å². The molecule has 0 amide bonds. The highest BCUT2D eigenvalue weighted by atomic mass is 16.1. The van der Waals surface area contributed by atoms with Gasteiger partial charge in [-0.1, -0.05) is 30.7 Å². The van der Waals surface area contributed by atoms with Crippen molar-refractivity contribution in [2.75, 3.05) is 0 Å². The van der Waals surface area contributed by atoms with E-state index in [0.717, 1.165) is 41.3 Å². The Morgan fingerprint density at radius 3 is 3.00 bits per heavy atom. The van der Waals surface area contributed by atoms with Gasteiger partial charge in [0.2, 0.25) is 0 Å². The highest BCUT2D eigenvalue weighted by molar-refractivity contribution is 6.10. The van der Waals surface area contributed by atoms with Crippen LogP contribution in [0, 0.1) is 0 Å². The third kappa shape index (κ3) is 2.58. The molecule has 1 aliphatic carbocycles. The minimum atomic E-state index is 0.175. The van der Waals surface area contributed by atoms with Gasteiger partial charge in [-0.05, 0) is 43.4 Å². The van der Waals surface area contributed by atoms with Crippen molar-refractivity contribution < 1.29 is 4.79 Å². The lowest BCUT2D eigenvalue weighted by molar-refractivity contribution is 0.103. The zero-order chi connectivity index (χ0) is 13.1. The maximum Gasteiger partial charge on any atom is 0.188 e. The molecule has 0 saturated heterocycles. The molecule has 1 aliphatic rings. The molecular weight excluding hydrogens is 234 g/mol. The molecule has 1 aromatic carbocycles. The first kappa shape index (κ1) is 12.1. The number of nitrogens with zero attached hydrogens (tertiary/aromatic N) is 1. The lowest BCUT2D eigenvalue weighted by atomic mass is 9.98. The Kier molecular flexibility index (Phi) is 3.41. The lowest BCUT2D eigenvalue weighted by Crippen LogP contribution is -2.03. The van der Waals surface area contributed by atoms with E-state index < -0.39 is 0 Å². The van der Waals surface area contributed by atoms with Gasteiger partial charge in [-0.3, -0.25) is 9.78 Å². The Hall–Kier alpha value is -1.96. The molecule has 2 aromatic rings. The van der Waals surface area contributed by atoms with Crippen LogP contribution in [0.2, 0.25) is 0 Å². The van der Waals surface area contributed by atoms with Gasteiger partial charge in [0.05, 0.1) is 5.52 Å². The zero-order valence-corrected chi connectivity index (χ0v) is 10.9. The molecule has 0 aliphatic heterocycles.